The van der Waals surface area contributed by atoms with Crippen molar-refractivity contribution in [3.63, 3.8) is 0 Å². The van der Waals surface area contributed by atoms with E-state index in [0.717, 1.165) is 52.0 Å². The Hall–Kier alpha value is -6.49. The van der Waals surface area contributed by atoms with Gasteiger partial charge in [0.05, 0.1) is 0 Å². The number of anilines is 4. The third-order valence-corrected chi connectivity index (χ3v) is 9.60. The Kier molecular flexibility index (Phi) is 13.3. The summed E-state index contributed by atoms with van der Waals surface area (Å²) in [7, 11) is 12.3. The van der Waals surface area contributed by atoms with Gasteiger partial charge in [0.1, 0.15) is 17.1 Å². The second-order valence-corrected chi connectivity index (χ2v) is 14.3. The molecule has 0 spiro atoms. The van der Waals surface area contributed by atoms with E-state index >= 15 is 0 Å². The summed E-state index contributed by atoms with van der Waals surface area (Å²) in [4.78, 5) is 25.8. The van der Waals surface area contributed by atoms with Crippen LogP contribution in [-0.2, 0) is 28.9 Å². The van der Waals surface area contributed by atoms with Gasteiger partial charge >= 0.3 is 22.5 Å². The first kappa shape index (κ1) is 40.2. The summed E-state index contributed by atoms with van der Waals surface area (Å²) in [6.45, 7) is 1.01. The van der Waals surface area contributed by atoms with Gasteiger partial charge in [-0.3, -0.25) is 0 Å². The van der Waals surface area contributed by atoms with Gasteiger partial charge in [0.15, 0.2) is 0 Å². The van der Waals surface area contributed by atoms with Crippen LogP contribution in [0, 0.1) is 0 Å². The van der Waals surface area contributed by atoms with E-state index in [0.29, 0.717) is 0 Å². The number of H-pyrrole nitrogens is 2. The van der Waals surface area contributed by atoms with Gasteiger partial charge < -0.3 is 30.0 Å². The summed E-state index contributed by atoms with van der Waals surface area (Å²) in [6.07, 6.45) is 10.7. The summed E-state index contributed by atoms with van der Waals surface area (Å²) >= 11 is -1.44. The van der Waals surface area contributed by atoms with Crippen LogP contribution in [0.5, 0.6) is 0 Å². The molecule has 5 aromatic heterocycles. The van der Waals surface area contributed by atoms with Crippen molar-refractivity contribution < 1.29 is 22.5 Å². The molecular formula is C45H47MnN9O2. The van der Waals surface area contributed by atoms with E-state index in [1.165, 1.54) is 44.9 Å². The van der Waals surface area contributed by atoms with Gasteiger partial charge in [-0.25, -0.2) is 15.0 Å². The Bertz CT molecular complexity index is 2440. The molecule has 3 N–H and O–H groups in total. The standard InChI is InChI=1S/C15H17N3.2C15H15N3.Mn.2O/c3*1-18(2)14-5-3-11(4-6-14)13-9-12-7-8-16-15(12)17-10-13;;;/h3-6,9-10H,7-8H2,1-2H3,(H,16,17);2*3-10H,1-2H3,(H,16,17);;;. The molecular weight excluding hydrogens is 753 g/mol. The monoisotopic (exact) mass is 800 g/mol. The Morgan fingerprint density at radius 1 is 0.491 bits per heavy atom. The first-order chi connectivity index (χ1) is 27.6. The normalized spacial score (nSPS) is 11.1. The van der Waals surface area contributed by atoms with E-state index in [-0.39, 0.29) is 0 Å². The average molecular weight is 801 g/mol. The van der Waals surface area contributed by atoms with Crippen LogP contribution in [0.1, 0.15) is 5.56 Å². The molecule has 0 radical (unpaired) electrons. The fourth-order valence-electron chi connectivity index (χ4n) is 6.38. The number of benzene rings is 3. The fourth-order valence-corrected chi connectivity index (χ4v) is 6.38. The molecule has 0 saturated heterocycles. The molecule has 0 unspecified atom stereocenters. The third kappa shape index (κ3) is 10.2. The number of hydrogen-bond donors (Lipinski definition) is 3. The molecule has 3 aromatic carbocycles. The summed E-state index contributed by atoms with van der Waals surface area (Å²) < 4.78 is 16.8. The van der Waals surface area contributed by atoms with Crippen LogP contribution in [0.25, 0.3) is 55.4 Å². The number of aromatic nitrogens is 5. The van der Waals surface area contributed by atoms with Crippen LogP contribution in [0.2, 0.25) is 0 Å². The van der Waals surface area contributed by atoms with Gasteiger partial charge in [0.2, 0.25) is 0 Å². The fraction of sp³-hybridized carbons (Fsp3) is 0.178. The second kappa shape index (κ2) is 18.9. The molecule has 57 heavy (non-hydrogen) atoms. The number of nitrogens with zero attached hydrogens (tertiary/aromatic N) is 6. The van der Waals surface area contributed by atoms with Gasteiger partial charge in [0, 0.05) is 124 Å². The molecule has 0 amide bonds. The third-order valence-electron chi connectivity index (χ3n) is 9.60. The molecule has 0 aliphatic carbocycles. The summed E-state index contributed by atoms with van der Waals surface area (Å²) in [5.74, 6) is 1.05. The Morgan fingerprint density at radius 2 is 0.860 bits per heavy atom. The first-order valence-corrected chi connectivity index (χ1v) is 19.4. The van der Waals surface area contributed by atoms with Crippen molar-refractivity contribution in [3.05, 3.63) is 140 Å². The van der Waals surface area contributed by atoms with Crippen LogP contribution in [0.15, 0.2) is 134 Å². The molecule has 0 fully saturated rings. The average Bonchev–Trinajstić information content (AvgIpc) is 4.02. The van der Waals surface area contributed by atoms with Gasteiger partial charge in [-0.1, -0.05) is 36.4 Å². The van der Waals surface area contributed by atoms with Crippen LogP contribution in [0.3, 0.4) is 0 Å². The van der Waals surface area contributed by atoms with Crippen molar-refractivity contribution >= 4 is 44.9 Å². The van der Waals surface area contributed by atoms with E-state index in [2.05, 4.69) is 150 Å². The molecule has 8 aromatic rings. The molecule has 12 heteroatoms. The molecule has 0 atom stereocenters. The maximum atomic E-state index is 8.41. The zero-order valence-corrected chi connectivity index (χ0v) is 34.2. The van der Waals surface area contributed by atoms with E-state index in [9.17, 15) is 0 Å². The van der Waals surface area contributed by atoms with Crippen LogP contribution in [-0.4, -0.2) is 73.8 Å². The quantitative estimate of drug-likeness (QED) is 0.141. The number of pyridine rings is 3. The van der Waals surface area contributed by atoms with E-state index in [4.69, 9.17) is 7.67 Å². The van der Waals surface area contributed by atoms with Crippen molar-refractivity contribution in [3.8, 4) is 33.4 Å². The van der Waals surface area contributed by atoms with Crippen LogP contribution in [0.4, 0.5) is 22.9 Å². The minimum atomic E-state index is -1.44. The molecule has 291 valence electrons. The van der Waals surface area contributed by atoms with Gasteiger partial charge in [-0.15, -0.1) is 0 Å². The molecule has 0 bridgehead atoms. The number of aromatic amines is 2. The first-order valence-electron chi connectivity index (χ1n) is 18.4. The Labute approximate surface area is 339 Å². The van der Waals surface area contributed by atoms with Gasteiger partial charge in [0.25, 0.3) is 0 Å². The summed E-state index contributed by atoms with van der Waals surface area (Å²) in [6, 6.07) is 36.2. The van der Waals surface area contributed by atoms with Crippen molar-refractivity contribution in [2.75, 3.05) is 68.8 Å². The molecule has 9 rings (SSSR count). The summed E-state index contributed by atoms with van der Waals surface area (Å²) in [5, 5.41) is 5.57. The van der Waals surface area contributed by atoms with E-state index in [1.807, 2.05) is 71.3 Å². The Morgan fingerprint density at radius 3 is 1.25 bits per heavy atom. The van der Waals surface area contributed by atoms with Crippen molar-refractivity contribution in [2.24, 2.45) is 0 Å². The second-order valence-electron chi connectivity index (χ2n) is 14.1. The number of hydrogen-bond acceptors (Lipinski definition) is 9. The van der Waals surface area contributed by atoms with E-state index < -0.39 is 14.8 Å². The zero-order valence-electron chi connectivity index (χ0n) is 33.0. The molecule has 1 aliphatic heterocycles. The van der Waals surface area contributed by atoms with Crippen molar-refractivity contribution in [1.82, 2.24) is 24.9 Å². The van der Waals surface area contributed by atoms with Crippen molar-refractivity contribution in [2.45, 2.75) is 6.42 Å². The van der Waals surface area contributed by atoms with Gasteiger partial charge in [-0.2, -0.15) is 0 Å². The molecule has 1 aliphatic rings. The SMILES string of the molecule is CN(C)c1ccc(-c2cnc3[nH]ccc3c2)cc1.CN(C)c1ccc(-c2cnc3[nH]ccc3c2)cc1.CN(C)c1ccc(-c2cnc3c(c2)CCN3)cc1.[O]=[Mn]=[O]. The number of nitrogens with one attached hydrogen (secondary N) is 3. The number of rotatable bonds is 6. The summed E-state index contributed by atoms with van der Waals surface area (Å²) in [5.41, 5.74) is 13.9. The van der Waals surface area contributed by atoms with Crippen molar-refractivity contribution in [1.29, 1.82) is 0 Å². The molecule has 0 saturated carbocycles. The molecule has 6 heterocycles. The van der Waals surface area contributed by atoms with Crippen LogP contribution >= 0.6 is 0 Å². The predicted molar refractivity (Wildman–Crippen MR) is 229 cm³/mol. The minimum absolute atomic E-state index is 0.934. The van der Waals surface area contributed by atoms with Gasteiger partial charge in [-0.05, 0) is 95.4 Å². The maximum absolute atomic E-state index is 8.41. The van der Waals surface area contributed by atoms with E-state index in [1.54, 1.807) is 0 Å². The topological polar surface area (TPSA) is 126 Å². The molecule has 11 nitrogen and oxygen atoms in total. The zero-order chi connectivity index (χ0) is 40.3. The van der Waals surface area contributed by atoms with Crippen LogP contribution < -0.4 is 20.0 Å². The predicted octanol–water partition coefficient (Wildman–Crippen LogP) is 9.13. The number of fused-ring (bicyclic) bond motifs is 3. The Balaban J connectivity index is 0.000000140.